The van der Waals surface area contributed by atoms with Gasteiger partial charge < -0.3 is 20.4 Å². The standard InChI is InChI=1S/C31H42N6O3S/c1-21-10-11-23(19-22(21)9-8-13-36-17-15-35(7)16-18-36)33-29(40)34-26-24(20-25(41-26)30(2,3)4)27(38)37-14-12-32-28(39)31(37,5)6/h10-11,19-20H,12-18H2,1-7H3,(H,32,39)(H2,33,34,40). The van der Waals surface area contributed by atoms with Gasteiger partial charge in [0.1, 0.15) is 10.5 Å². The number of urea groups is 1. The van der Waals surface area contributed by atoms with Gasteiger partial charge >= 0.3 is 6.03 Å². The fourth-order valence-electron chi connectivity index (χ4n) is 4.77. The van der Waals surface area contributed by atoms with Gasteiger partial charge in [-0.05, 0) is 57.0 Å². The third-order valence-corrected chi connectivity index (χ3v) is 9.12. The molecule has 0 unspecified atom stereocenters. The van der Waals surface area contributed by atoms with Crippen molar-refractivity contribution < 1.29 is 14.4 Å². The highest BCUT2D eigenvalue weighted by atomic mass is 32.1. The Morgan fingerprint density at radius 3 is 2.46 bits per heavy atom. The molecule has 1 aromatic carbocycles. The van der Waals surface area contributed by atoms with Crippen molar-refractivity contribution in [3.05, 3.63) is 45.8 Å². The number of hydrogen-bond acceptors (Lipinski definition) is 6. The molecular formula is C31H42N6O3S. The van der Waals surface area contributed by atoms with E-state index >= 15 is 0 Å². The monoisotopic (exact) mass is 578 g/mol. The second-order valence-electron chi connectivity index (χ2n) is 12.4. The van der Waals surface area contributed by atoms with Crippen LogP contribution in [-0.2, 0) is 10.2 Å². The summed E-state index contributed by atoms with van der Waals surface area (Å²) in [6.45, 7) is 17.3. The van der Waals surface area contributed by atoms with E-state index in [1.54, 1.807) is 18.7 Å². The SMILES string of the molecule is Cc1ccc(NC(=O)Nc2sc(C(C)(C)C)cc2C(=O)N2CCNC(=O)C2(C)C)cc1C#CCN1CCN(C)CC1. The predicted octanol–water partition coefficient (Wildman–Crippen LogP) is 3.95. The van der Waals surface area contributed by atoms with E-state index < -0.39 is 11.6 Å². The minimum absolute atomic E-state index is 0.197. The summed E-state index contributed by atoms with van der Waals surface area (Å²) in [7, 11) is 2.14. The lowest BCUT2D eigenvalue weighted by molar-refractivity contribution is -0.133. The first-order valence-corrected chi connectivity index (χ1v) is 14.9. The minimum Gasteiger partial charge on any atom is -0.352 e. The van der Waals surface area contributed by atoms with Crippen molar-refractivity contribution in [3.8, 4) is 11.8 Å². The molecule has 0 radical (unpaired) electrons. The highest BCUT2D eigenvalue weighted by Crippen LogP contribution is 2.37. The summed E-state index contributed by atoms with van der Waals surface area (Å²) in [5.41, 5.74) is 1.69. The molecule has 2 saturated heterocycles. The van der Waals surface area contributed by atoms with Gasteiger partial charge in [0.05, 0.1) is 12.1 Å². The second-order valence-corrected chi connectivity index (χ2v) is 13.4. The van der Waals surface area contributed by atoms with Crippen LogP contribution < -0.4 is 16.0 Å². The zero-order chi connectivity index (χ0) is 29.9. The quantitative estimate of drug-likeness (QED) is 0.478. The van der Waals surface area contributed by atoms with Gasteiger partial charge in [0.25, 0.3) is 5.91 Å². The number of carbonyl (C=O) groups excluding carboxylic acids is 3. The maximum atomic E-state index is 13.7. The molecule has 2 aliphatic rings. The zero-order valence-electron chi connectivity index (χ0n) is 25.2. The maximum absolute atomic E-state index is 13.7. The van der Waals surface area contributed by atoms with E-state index in [9.17, 15) is 14.4 Å². The van der Waals surface area contributed by atoms with Crippen molar-refractivity contribution in [2.75, 3.05) is 63.5 Å². The summed E-state index contributed by atoms with van der Waals surface area (Å²) in [6.07, 6.45) is 0. The van der Waals surface area contributed by atoms with Crippen molar-refractivity contribution in [2.24, 2.45) is 0 Å². The molecule has 2 fully saturated rings. The molecule has 41 heavy (non-hydrogen) atoms. The number of benzene rings is 1. The number of piperazine rings is 2. The molecule has 3 heterocycles. The van der Waals surface area contributed by atoms with Crippen molar-refractivity contribution in [1.82, 2.24) is 20.0 Å². The number of likely N-dealkylation sites (N-methyl/N-ethyl adjacent to an activating group) is 1. The Morgan fingerprint density at radius 1 is 1.07 bits per heavy atom. The summed E-state index contributed by atoms with van der Waals surface area (Å²) < 4.78 is 0. The van der Waals surface area contributed by atoms with Crippen LogP contribution in [-0.4, -0.2) is 90.9 Å². The molecule has 3 N–H and O–H groups in total. The van der Waals surface area contributed by atoms with E-state index in [4.69, 9.17) is 0 Å². The Morgan fingerprint density at radius 2 is 1.78 bits per heavy atom. The lowest BCUT2D eigenvalue weighted by Crippen LogP contribution is -2.63. The van der Waals surface area contributed by atoms with Gasteiger partial charge in [0.2, 0.25) is 5.91 Å². The van der Waals surface area contributed by atoms with Crippen LogP contribution >= 0.6 is 11.3 Å². The Bertz CT molecular complexity index is 1370. The number of hydrogen-bond donors (Lipinski definition) is 3. The van der Waals surface area contributed by atoms with Crippen LogP contribution in [0.1, 0.15) is 61.0 Å². The fourth-order valence-corrected chi connectivity index (χ4v) is 5.87. The number of amides is 4. The van der Waals surface area contributed by atoms with Gasteiger partial charge in [0, 0.05) is 55.4 Å². The highest BCUT2D eigenvalue weighted by Gasteiger charge is 2.42. The van der Waals surface area contributed by atoms with Crippen LogP contribution in [0.2, 0.25) is 0 Å². The zero-order valence-corrected chi connectivity index (χ0v) is 26.1. The summed E-state index contributed by atoms with van der Waals surface area (Å²) in [5.74, 6) is 6.08. The average Bonchev–Trinajstić information content (AvgIpc) is 3.32. The first kappa shape index (κ1) is 30.6. The summed E-state index contributed by atoms with van der Waals surface area (Å²) in [6, 6.07) is 7.05. The van der Waals surface area contributed by atoms with Crippen LogP contribution in [0, 0.1) is 18.8 Å². The Kier molecular flexibility index (Phi) is 9.12. The van der Waals surface area contributed by atoms with E-state index in [0.29, 0.717) is 35.9 Å². The van der Waals surface area contributed by atoms with Crippen LogP contribution in [0.15, 0.2) is 24.3 Å². The van der Waals surface area contributed by atoms with E-state index in [2.05, 4.69) is 65.4 Å². The summed E-state index contributed by atoms with van der Waals surface area (Å²) >= 11 is 1.38. The van der Waals surface area contributed by atoms with Crippen LogP contribution in [0.4, 0.5) is 15.5 Å². The molecule has 0 bridgehead atoms. The molecule has 9 nitrogen and oxygen atoms in total. The molecule has 0 spiro atoms. The number of rotatable bonds is 4. The molecule has 2 aromatic rings. The summed E-state index contributed by atoms with van der Waals surface area (Å²) in [4.78, 5) is 46.6. The third-order valence-electron chi connectivity index (χ3n) is 7.64. The van der Waals surface area contributed by atoms with Crippen LogP contribution in [0.3, 0.4) is 0 Å². The fraction of sp³-hybridized carbons (Fsp3) is 0.516. The average molecular weight is 579 g/mol. The Balaban J connectivity index is 1.50. The topological polar surface area (TPSA) is 97.0 Å². The Hall–Kier alpha value is -3.39. The number of nitrogens with zero attached hydrogens (tertiary/aromatic N) is 3. The molecule has 2 aliphatic heterocycles. The van der Waals surface area contributed by atoms with E-state index in [0.717, 1.165) is 42.2 Å². The van der Waals surface area contributed by atoms with Crippen molar-refractivity contribution in [1.29, 1.82) is 0 Å². The van der Waals surface area contributed by atoms with Crippen molar-refractivity contribution >= 4 is 39.9 Å². The number of aryl methyl sites for hydroxylation is 1. The molecule has 0 atom stereocenters. The van der Waals surface area contributed by atoms with Gasteiger partial charge in [-0.1, -0.05) is 38.7 Å². The second kappa shape index (κ2) is 12.2. The molecule has 220 valence electrons. The molecule has 10 heteroatoms. The predicted molar refractivity (Wildman–Crippen MR) is 166 cm³/mol. The number of nitrogens with one attached hydrogen (secondary N) is 3. The minimum atomic E-state index is -0.998. The van der Waals surface area contributed by atoms with E-state index in [-0.39, 0.29) is 17.2 Å². The van der Waals surface area contributed by atoms with Gasteiger partial charge in [-0.2, -0.15) is 0 Å². The first-order chi connectivity index (χ1) is 19.3. The van der Waals surface area contributed by atoms with Crippen LogP contribution in [0.5, 0.6) is 0 Å². The molecular weight excluding hydrogens is 536 g/mol. The van der Waals surface area contributed by atoms with Crippen molar-refractivity contribution in [3.63, 3.8) is 0 Å². The molecule has 4 rings (SSSR count). The Labute approximate surface area is 247 Å². The van der Waals surface area contributed by atoms with Gasteiger partial charge in [-0.25, -0.2) is 4.79 Å². The van der Waals surface area contributed by atoms with E-state index in [1.807, 2.05) is 31.2 Å². The van der Waals surface area contributed by atoms with Crippen LogP contribution in [0.25, 0.3) is 0 Å². The first-order valence-electron chi connectivity index (χ1n) is 14.1. The normalized spacial score (nSPS) is 17.8. The van der Waals surface area contributed by atoms with E-state index in [1.165, 1.54) is 11.3 Å². The largest absolute Gasteiger partial charge is 0.352 e. The summed E-state index contributed by atoms with van der Waals surface area (Å²) in [5, 5.41) is 9.10. The van der Waals surface area contributed by atoms with Gasteiger partial charge in [0.15, 0.2) is 0 Å². The molecule has 4 amide bonds. The number of thiophene rings is 1. The number of anilines is 2. The molecule has 0 saturated carbocycles. The molecule has 1 aromatic heterocycles. The number of carbonyl (C=O) groups is 3. The smallest absolute Gasteiger partial charge is 0.324 e. The van der Waals surface area contributed by atoms with Crippen molar-refractivity contribution in [2.45, 2.75) is 52.5 Å². The molecule has 0 aliphatic carbocycles. The maximum Gasteiger partial charge on any atom is 0.324 e. The van der Waals surface area contributed by atoms with Gasteiger partial charge in [-0.15, -0.1) is 11.3 Å². The lowest BCUT2D eigenvalue weighted by atomic mass is 9.93. The highest BCUT2D eigenvalue weighted by molar-refractivity contribution is 7.16. The van der Waals surface area contributed by atoms with Gasteiger partial charge in [-0.3, -0.25) is 19.8 Å². The lowest BCUT2D eigenvalue weighted by Gasteiger charge is -2.41. The third kappa shape index (κ3) is 7.28.